The Hall–Kier alpha value is -2.20. The van der Waals surface area contributed by atoms with Crippen LogP contribution >= 0.6 is 11.6 Å². The molecule has 10 heteroatoms. The van der Waals surface area contributed by atoms with Crippen LogP contribution in [0, 0.1) is 12.8 Å². The summed E-state index contributed by atoms with van der Waals surface area (Å²) in [4.78, 5) is 19.6. The van der Waals surface area contributed by atoms with E-state index in [0.717, 1.165) is 19.4 Å². The summed E-state index contributed by atoms with van der Waals surface area (Å²) in [7, 11) is -3.65. The highest BCUT2D eigenvalue weighted by Gasteiger charge is 2.30. The number of piperidine rings is 1. The van der Waals surface area contributed by atoms with Gasteiger partial charge in [0.15, 0.2) is 0 Å². The molecular weight excluding hydrogens is 452 g/mol. The Labute approximate surface area is 193 Å². The molecule has 3 heterocycles. The van der Waals surface area contributed by atoms with Crippen LogP contribution < -0.4 is 10.2 Å². The normalized spacial score (nSPS) is 20.2. The predicted octanol–water partition coefficient (Wildman–Crippen LogP) is 2.92. The van der Waals surface area contributed by atoms with E-state index >= 15 is 0 Å². The lowest BCUT2D eigenvalue weighted by Gasteiger charge is -2.33. The zero-order valence-electron chi connectivity index (χ0n) is 18.0. The third-order valence-electron chi connectivity index (χ3n) is 5.87. The Morgan fingerprint density at radius 1 is 1.22 bits per heavy atom. The van der Waals surface area contributed by atoms with Crippen LogP contribution in [0.5, 0.6) is 0 Å². The van der Waals surface area contributed by atoms with Crippen molar-refractivity contribution >= 4 is 39.0 Å². The second-order valence-corrected chi connectivity index (χ2v) is 10.4. The average Bonchev–Trinajstić information content (AvgIpc) is 2.81. The fraction of sp³-hybridized carbons (Fsp3) is 0.455. The summed E-state index contributed by atoms with van der Waals surface area (Å²) in [5.74, 6) is 0.295. The van der Waals surface area contributed by atoms with Gasteiger partial charge in [-0.1, -0.05) is 17.7 Å². The number of ether oxygens (including phenoxy) is 1. The number of benzene rings is 1. The molecule has 0 unspecified atom stereocenters. The van der Waals surface area contributed by atoms with Gasteiger partial charge in [-0.3, -0.25) is 4.79 Å². The van der Waals surface area contributed by atoms with Gasteiger partial charge in [0, 0.05) is 38.1 Å². The van der Waals surface area contributed by atoms with E-state index in [9.17, 15) is 13.2 Å². The quantitative estimate of drug-likeness (QED) is 0.710. The summed E-state index contributed by atoms with van der Waals surface area (Å²) in [6, 6.07) is 8.58. The number of carbonyl (C=O) groups excluding carboxylic acids is 1. The predicted molar refractivity (Wildman–Crippen MR) is 124 cm³/mol. The molecule has 172 valence electrons. The molecule has 2 saturated heterocycles. The standard InChI is InChI=1S/C22H27ClN4O4S/c1-16-6-7-18(14-20(16)32(29,30)27-10-12-31-13-11-27)25-22(28)17-4-3-9-26(15-17)21-19(23)5-2-8-24-21/h2,5-8,14,17H,3-4,9-13,15H2,1H3,(H,25,28)/t17-/m0/s1. The van der Waals surface area contributed by atoms with E-state index in [1.807, 2.05) is 4.90 Å². The minimum atomic E-state index is -3.65. The molecule has 0 aliphatic carbocycles. The first-order chi connectivity index (χ1) is 15.4. The topological polar surface area (TPSA) is 91.8 Å². The Balaban J connectivity index is 1.49. The molecule has 1 N–H and O–H groups in total. The summed E-state index contributed by atoms with van der Waals surface area (Å²) < 4.78 is 32.9. The first kappa shape index (κ1) is 23.0. The largest absolute Gasteiger partial charge is 0.379 e. The molecule has 1 amide bonds. The number of sulfonamides is 1. The molecule has 0 bridgehead atoms. The molecule has 1 aromatic carbocycles. The van der Waals surface area contributed by atoms with Gasteiger partial charge in [0.2, 0.25) is 15.9 Å². The molecule has 0 saturated carbocycles. The van der Waals surface area contributed by atoms with Crippen molar-refractivity contribution < 1.29 is 17.9 Å². The molecular formula is C22H27ClN4O4S. The zero-order valence-corrected chi connectivity index (χ0v) is 19.5. The third kappa shape index (κ3) is 4.91. The highest BCUT2D eigenvalue weighted by Crippen LogP contribution is 2.29. The maximum atomic E-state index is 13.1. The minimum Gasteiger partial charge on any atom is -0.379 e. The van der Waals surface area contributed by atoms with Crippen molar-refractivity contribution in [1.82, 2.24) is 9.29 Å². The number of hydrogen-bond acceptors (Lipinski definition) is 6. The maximum Gasteiger partial charge on any atom is 0.243 e. The van der Waals surface area contributed by atoms with E-state index in [-0.39, 0.29) is 16.7 Å². The van der Waals surface area contributed by atoms with E-state index in [1.165, 1.54) is 4.31 Å². The zero-order chi connectivity index (χ0) is 22.7. The van der Waals surface area contributed by atoms with Gasteiger partial charge in [-0.15, -0.1) is 0 Å². The van der Waals surface area contributed by atoms with Crippen LogP contribution in [0.3, 0.4) is 0 Å². The number of aromatic nitrogens is 1. The number of pyridine rings is 1. The summed E-state index contributed by atoms with van der Waals surface area (Å²) in [6.45, 7) is 4.47. The number of morpholine rings is 1. The highest BCUT2D eigenvalue weighted by molar-refractivity contribution is 7.89. The number of carbonyl (C=O) groups is 1. The number of amides is 1. The molecule has 2 aromatic rings. The van der Waals surface area contributed by atoms with Crippen molar-refractivity contribution in [3.63, 3.8) is 0 Å². The molecule has 2 fully saturated rings. The molecule has 8 nitrogen and oxygen atoms in total. The lowest BCUT2D eigenvalue weighted by Crippen LogP contribution is -2.41. The number of anilines is 2. The van der Waals surface area contributed by atoms with Crippen LogP contribution in [-0.4, -0.2) is 63.0 Å². The molecule has 2 aliphatic heterocycles. The van der Waals surface area contributed by atoms with Gasteiger partial charge < -0.3 is 15.0 Å². The fourth-order valence-corrected chi connectivity index (χ4v) is 6.02. The summed E-state index contributed by atoms with van der Waals surface area (Å²) in [6.07, 6.45) is 3.28. The Morgan fingerprint density at radius 3 is 2.75 bits per heavy atom. The van der Waals surface area contributed by atoms with Crippen LogP contribution in [0.2, 0.25) is 5.02 Å². The molecule has 1 aromatic heterocycles. The summed E-state index contributed by atoms with van der Waals surface area (Å²) in [5, 5.41) is 3.47. The molecule has 0 spiro atoms. The molecule has 32 heavy (non-hydrogen) atoms. The molecule has 0 radical (unpaired) electrons. The number of aryl methyl sites for hydroxylation is 1. The second-order valence-electron chi connectivity index (χ2n) is 8.08. The Bertz CT molecular complexity index is 1090. The first-order valence-electron chi connectivity index (χ1n) is 10.7. The fourth-order valence-electron chi connectivity index (χ4n) is 4.12. The van der Waals surface area contributed by atoms with Crippen molar-refractivity contribution in [2.75, 3.05) is 49.6 Å². The van der Waals surface area contributed by atoms with Gasteiger partial charge in [0.05, 0.1) is 29.0 Å². The van der Waals surface area contributed by atoms with Crippen molar-refractivity contribution in [3.8, 4) is 0 Å². The second kappa shape index (κ2) is 9.74. The third-order valence-corrected chi connectivity index (χ3v) is 8.21. The number of halogens is 1. The van der Waals surface area contributed by atoms with Crippen LogP contribution in [0.15, 0.2) is 41.4 Å². The van der Waals surface area contributed by atoms with Gasteiger partial charge in [0.25, 0.3) is 0 Å². The van der Waals surface area contributed by atoms with Crippen LogP contribution in [0.25, 0.3) is 0 Å². The summed E-state index contributed by atoms with van der Waals surface area (Å²) in [5.41, 5.74) is 1.11. The lowest BCUT2D eigenvalue weighted by molar-refractivity contribution is -0.120. The van der Waals surface area contributed by atoms with E-state index in [4.69, 9.17) is 16.3 Å². The minimum absolute atomic E-state index is 0.139. The van der Waals surface area contributed by atoms with Crippen molar-refractivity contribution in [2.45, 2.75) is 24.7 Å². The van der Waals surface area contributed by atoms with E-state index in [2.05, 4.69) is 10.3 Å². The highest BCUT2D eigenvalue weighted by atomic mass is 35.5. The number of nitrogens with one attached hydrogen (secondary N) is 1. The Kier molecular flexibility index (Phi) is 6.99. The van der Waals surface area contributed by atoms with Gasteiger partial charge in [-0.25, -0.2) is 13.4 Å². The van der Waals surface area contributed by atoms with Crippen molar-refractivity contribution in [2.24, 2.45) is 5.92 Å². The summed E-state index contributed by atoms with van der Waals surface area (Å²) >= 11 is 6.28. The van der Waals surface area contributed by atoms with Crippen molar-refractivity contribution in [1.29, 1.82) is 0 Å². The average molecular weight is 479 g/mol. The molecule has 4 rings (SSSR count). The van der Waals surface area contributed by atoms with Crippen LogP contribution in [0.4, 0.5) is 11.5 Å². The number of hydrogen-bond donors (Lipinski definition) is 1. The lowest BCUT2D eigenvalue weighted by atomic mass is 9.97. The van der Waals surface area contributed by atoms with Crippen LogP contribution in [0.1, 0.15) is 18.4 Å². The van der Waals surface area contributed by atoms with Gasteiger partial charge in [-0.2, -0.15) is 4.31 Å². The molecule has 2 aliphatic rings. The van der Waals surface area contributed by atoms with Gasteiger partial charge in [0.1, 0.15) is 5.82 Å². The van der Waals surface area contributed by atoms with Crippen molar-refractivity contribution in [3.05, 3.63) is 47.1 Å². The molecule has 1 atom stereocenters. The SMILES string of the molecule is Cc1ccc(NC(=O)[C@H]2CCCN(c3ncccc3Cl)C2)cc1S(=O)(=O)N1CCOCC1. The maximum absolute atomic E-state index is 13.1. The first-order valence-corrected chi connectivity index (χ1v) is 12.5. The Morgan fingerprint density at radius 2 is 2.00 bits per heavy atom. The van der Waals surface area contributed by atoms with E-state index in [1.54, 1.807) is 43.5 Å². The number of nitrogens with zero attached hydrogens (tertiary/aromatic N) is 3. The van der Waals surface area contributed by atoms with Crippen LogP contribution in [-0.2, 0) is 19.6 Å². The van der Waals surface area contributed by atoms with Gasteiger partial charge >= 0.3 is 0 Å². The van der Waals surface area contributed by atoms with Gasteiger partial charge in [-0.05, 0) is 49.6 Å². The smallest absolute Gasteiger partial charge is 0.243 e. The van der Waals surface area contributed by atoms with E-state index < -0.39 is 10.0 Å². The monoisotopic (exact) mass is 478 g/mol. The number of rotatable bonds is 5. The van der Waals surface area contributed by atoms with E-state index in [0.29, 0.717) is 54.9 Å².